The molecule has 7 heteroatoms. The molecule has 0 aliphatic carbocycles. The van der Waals surface area contributed by atoms with Crippen molar-refractivity contribution in [1.29, 1.82) is 0 Å². The lowest BCUT2D eigenvalue weighted by Crippen LogP contribution is -2.53. The van der Waals surface area contributed by atoms with E-state index in [1.165, 1.54) is 10.6 Å². The molecule has 1 N–H and O–H groups in total. The summed E-state index contributed by atoms with van der Waals surface area (Å²) in [6.45, 7) is 6.01. The van der Waals surface area contributed by atoms with Crippen molar-refractivity contribution in [2.24, 2.45) is 5.41 Å². The van der Waals surface area contributed by atoms with Gasteiger partial charge in [0, 0.05) is 19.6 Å². The van der Waals surface area contributed by atoms with Crippen LogP contribution in [0.4, 0.5) is 0 Å². The number of sulfonamides is 1. The second kappa shape index (κ2) is 7.07. The van der Waals surface area contributed by atoms with Crippen LogP contribution in [-0.2, 0) is 14.8 Å². The molecule has 0 aromatic rings. The van der Waals surface area contributed by atoms with Gasteiger partial charge in [0.1, 0.15) is 6.04 Å². The number of piperidine rings is 1. The van der Waals surface area contributed by atoms with E-state index in [0.717, 1.165) is 19.4 Å². The van der Waals surface area contributed by atoms with Crippen molar-refractivity contribution in [1.82, 2.24) is 14.5 Å². The fourth-order valence-corrected chi connectivity index (χ4v) is 4.04. The van der Waals surface area contributed by atoms with Crippen LogP contribution in [0, 0.1) is 5.41 Å². The highest BCUT2D eigenvalue weighted by Crippen LogP contribution is 2.21. The van der Waals surface area contributed by atoms with Crippen molar-refractivity contribution in [3.63, 3.8) is 0 Å². The molecule has 0 saturated carbocycles. The molecule has 0 aromatic heterocycles. The van der Waals surface area contributed by atoms with Gasteiger partial charge in [-0.05, 0) is 32.4 Å². The quantitative estimate of drug-likeness (QED) is 0.774. The SMILES string of the molecule is CN(C)CC(C)(C)CNC(=O)C1CCCCN1S(C)(=O)=O. The standard InChI is InChI=1S/C14H29N3O3S/c1-14(2,11-16(3)4)10-15-13(18)12-8-6-7-9-17(12)21(5,19)20/h12H,6-11H2,1-5H3,(H,15,18). The second-order valence-electron chi connectivity index (χ2n) is 7.01. The van der Waals surface area contributed by atoms with Gasteiger partial charge in [0.05, 0.1) is 6.26 Å². The van der Waals surface area contributed by atoms with E-state index in [0.29, 0.717) is 19.5 Å². The number of nitrogens with one attached hydrogen (secondary N) is 1. The predicted octanol–water partition coefficient (Wildman–Crippen LogP) is 0.505. The smallest absolute Gasteiger partial charge is 0.238 e. The molecule has 1 aliphatic rings. The fraction of sp³-hybridized carbons (Fsp3) is 0.929. The number of nitrogens with zero attached hydrogens (tertiary/aromatic N) is 2. The molecule has 1 rings (SSSR count). The van der Waals surface area contributed by atoms with Crippen molar-refractivity contribution < 1.29 is 13.2 Å². The molecular formula is C14H29N3O3S. The molecule has 21 heavy (non-hydrogen) atoms. The molecule has 1 unspecified atom stereocenters. The van der Waals surface area contributed by atoms with E-state index >= 15 is 0 Å². The fourth-order valence-electron chi connectivity index (χ4n) is 2.92. The Balaban J connectivity index is 2.65. The van der Waals surface area contributed by atoms with E-state index in [9.17, 15) is 13.2 Å². The molecule has 1 amide bonds. The van der Waals surface area contributed by atoms with Gasteiger partial charge in [-0.3, -0.25) is 4.79 Å². The van der Waals surface area contributed by atoms with E-state index in [2.05, 4.69) is 24.1 Å². The number of rotatable bonds is 6. The number of hydrogen-bond acceptors (Lipinski definition) is 4. The Hall–Kier alpha value is -0.660. The van der Waals surface area contributed by atoms with Crippen LogP contribution in [-0.4, -0.2) is 69.6 Å². The largest absolute Gasteiger partial charge is 0.354 e. The van der Waals surface area contributed by atoms with E-state index < -0.39 is 16.1 Å². The summed E-state index contributed by atoms with van der Waals surface area (Å²) in [5, 5.41) is 2.93. The number of hydrogen-bond donors (Lipinski definition) is 1. The van der Waals surface area contributed by atoms with Gasteiger partial charge in [-0.15, -0.1) is 0 Å². The third-order valence-corrected chi connectivity index (χ3v) is 4.96. The summed E-state index contributed by atoms with van der Waals surface area (Å²) < 4.78 is 24.9. The first-order valence-electron chi connectivity index (χ1n) is 7.42. The second-order valence-corrected chi connectivity index (χ2v) is 8.94. The molecule has 1 fully saturated rings. The summed E-state index contributed by atoms with van der Waals surface area (Å²) in [7, 11) is 0.664. The molecule has 0 aromatic carbocycles. The van der Waals surface area contributed by atoms with Crippen LogP contribution >= 0.6 is 0 Å². The number of carbonyl (C=O) groups excluding carboxylic acids is 1. The maximum absolute atomic E-state index is 12.4. The lowest BCUT2D eigenvalue weighted by Gasteiger charge is -2.34. The van der Waals surface area contributed by atoms with Gasteiger partial charge in [-0.25, -0.2) is 8.42 Å². The van der Waals surface area contributed by atoms with Crippen LogP contribution < -0.4 is 5.32 Å². The Bertz CT molecular complexity index is 460. The summed E-state index contributed by atoms with van der Waals surface area (Å²) in [6, 6.07) is -0.552. The summed E-state index contributed by atoms with van der Waals surface area (Å²) in [6.07, 6.45) is 3.50. The molecule has 1 aliphatic heterocycles. The zero-order chi connectivity index (χ0) is 16.3. The average Bonchev–Trinajstić information content (AvgIpc) is 2.33. The lowest BCUT2D eigenvalue weighted by atomic mass is 9.92. The Morgan fingerprint density at radius 2 is 1.95 bits per heavy atom. The van der Waals surface area contributed by atoms with Crippen LogP contribution in [0.3, 0.4) is 0 Å². The van der Waals surface area contributed by atoms with Gasteiger partial charge in [0.25, 0.3) is 0 Å². The zero-order valence-electron chi connectivity index (χ0n) is 13.8. The summed E-state index contributed by atoms with van der Waals surface area (Å²) in [4.78, 5) is 14.4. The van der Waals surface area contributed by atoms with Gasteiger partial charge in [0.2, 0.25) is 15.9 Å². The summed E-state index contributed by atoms with van der Waals surface area (Å²) >= 11 is 0. The molecule has 1 atom stereocenters. The first kappa shape index (κ1) is 18.4. The molecule has 0 radical (unpaired) electrons. The Kier molecular flexibility index (Phi) is 6.19. The molecule has 1 saturated heterocycles. The van der Waals surface area contributed by atoms with Gasteiger partial charge in [0.15, 0.2) is 0 Å². The van der Waals surface area contributed by atoms with E-state index in [1.54, 1.807) is 0 Å². The molecule has 0 spiro atoms. The molecule has 0 bridgehead atoms. The summed E-state index contributed by atoms with van der Waals surface area (Å²) in [5.41, 5.74) is -0.0518. The van der Waals surface area contributed by atoms with Crippen LogP contribution in [0.15, 0.2) is 0 Å². The number of carbonyl (C=O) groups is 1. The van der Waals surface area contributed by atoms with Gasteiger partial charge < -0.3 is 10.2 Å². The third kappa shape index (κ3) is 5.92. The predicted molar refractivity (Wildman–Crippen MR) is 84.5 cm³/mol. The van der Waals surface area contributed by atoms with E-state index in [4.69, 9.17) is 0 Å². The average molecular weight is 319 g/mol. The van der Waals surface area contributed by atoms with Crippen LogP contribution in [0.2, 0.25) is 0 Å². The third-order valence-electron chi connectivity index (χ3n) is 3.67. The first-order chi connectivity index (χ1) is 9.53. The van der Waals surface area contributed by atoms with E-state index in [1.807, 2.05) is 14.1 Å². The minimum Gasteiger partial charge on any atom is -0.354 e. The Morgan fingerprint density at radius 1 is 1.33 bits per heavy atom. The van der Waals surface area contributed by atoms with Crippen molar-refractivity contribution >= 4 is 15.9 Å². The number of amides is 1. The molecule has 124 valence electrons. The van der Waals surface area contributed by atoms with E-state index in [-0.39, 0.29) is 11.3 Å². The highest BCUT2D eigenvalue weighted by Gasteiger charge is 2.34. The molecule has 1 heterocycles. The van der Waals surface area contributed by atoms with Gasteiger partial charge >= 0.3 is 0 Å². The van der Waals surface area contributed by atoms with Crippen molar-refractivity contribution in [3.05, 3.63) is 0 Å². The maximum Gasteiger partial charge on any atom is 0.238 e. The van der Waals surface area contributed by atoms with Gasteiger partial charge in [-0.2, -0.15) is 4.31 Å². The highest BCUT2D eigenvalue weighted by atomic mass is 32.2. The van der Waals surface area contributed by atoms with Crippen LogP contribution in [0.1, 0.15) is 33.1 Å². The molecular weight excluding hydrogens is 290 g/mol. The highest BCUT2D eigenvalue weighted by molar-refractivity contribution is 7.88. The minimum absolute atomic E-state index is 0.0518. The van der Waals surface area contributed by atoms with Crippen molar-refractivity contribution in [3.8, 4) is 0 Å². The maximum atomic E-state index is 12.4. The zero-order valence-corrected chi connectivity index (χ0v) is 14.7. The van der Waals surface area contributed by atoms with Crippen molar-refractivity contribution in [2.45, 2.75) is 39.2 Å². The topological polar surface area (TPSA) is 69.7 Å². The minimum atomic E-state index is -3.33. The first-order valence-corrected chi connectivity index (χ1v) is 9.27. The molecule has 6 nitrogen and oxygen atoms in total. The Morgan fingerprint density at radius 3 is 2.48 bits per heavy atom. The normalized spacial score (nSPS) is 21.5. The Labute approximate surface area is 128 Å². The van der Waals surface area contributed by atoms with Gasteiger partial charge in [-0.1, -0.05) is 20.3 Å². The summed E-state index contributed by atoms with van der Waals surface area (Å²) in [5.74, 6) is -0.174. The van der Waals surface area contributed by atoms with Crippen molar-refractivity contribution in [2.75, 3.05) is 40.0 Å². The van der Waals surface area contributed by atoms with Crippen LogP contribution in [0.25, 0.3) is 0 Å². The monoisotopic (exact) mass is 319 g/mol. The van der Waals surface area contributed by atoms with Crippen LogP contribution in [0.5, 0.6) is 0 Å². The lowest BCUT2D eigenvalue weighted by molar-refractivity contribution is -0.126.